The smallest absolute Gasteiger partial charge is 0.293 e. The second kappa shape index (κ2) is 7.44. The zero-order valence-electron chi connectivity index (χ0n) is 9.94. The van der Waals surface area contributed by atoms with Crippen molar-refractivity contribution < 1.29 is 14.3 Å². The van der Waals surface area contributed by atoms with E-state index in [1.54, 1.807) is 12.1 Å². The van der Waals surface area contributed by atoms with Crippen molar-refractivity contribution in [3.8, 4) is 0 Å². The van der Waals surface area contributed by atoms with Gasteiger partial charge in [-0.3, -0.25) is 9.59 Å². The highest BCUT2D eigenvalue weighted by Crippen LogP contribution is 2.11. The van der Waals surface area contributed by atoms with Gasteiger partial charge in [0.2, 0.25) is 5.91 Å². The van der Waals surface area contributed by atoms with Crippen molar-refractivity contribution in [3.63, 3.8) is 0 Å². The Kier molecular flexibility index (Phi) is 5.79. The number of nitrogens with one attached hydrogen (secondary N) is 1. The summed E-state index contributed by atoms with van der Waals surface area (Å²) in [6, 6.07) is 7.23. The van der Waals surface area contributed by atoms with Crippen LogP contribution in [-0.2, 0) is 20.9 Å². The van der Waals surface area contributed by atoms with Crippen molar-refractivity contribution in [1.82, 2.24) is 0 Å². The molecule has 0 aliphatic carbocycles. The summed E-state index contributed by atoms with van der Waals surface area (Å²) in [5.41, 5.74) is 1.66. The van der Waals surface area contributed by atoms with Gasteiger partial charge < -0.3 is 10.1 Å². The van der Waals surface area contributed by atoms with Crippen LogP contribution < -0.4 is 5.32 Å². The van der Waals surface area contributed by atoms with Crippen LogP contribution in [0.5, 0.6) is 0 Å². The van der Waals surface area contributed by atoms with Gasteiger partial charge in [-0.05, 0) is 24.1 Å². The molecule has 0 radical (unpaired) electrons. The number of ether oxygens (including phenoxy) is 1. The van der Waals surface area contributed by atoms with Gasteiger partial charge in [0.05, 0.1) is 0 Å². The molecule has 92 valence electrons. The predicted octanol–water partition coefficient (Wildman–Crippen LogP) is 2.49. The first-order valence-corrected chi connectivity index (χ1v) is 5.70. The van der Waals surface area contributed by atoms with Gasteiger partial charge in [0.15, 0.2) is 0 Å². The molecule has 0 aromatic heterocycles. The molecule has 0 spiro atoms. The number of hydrogen-bond donors (Lipinski definition) is 1. The molecule has 0 bridgehead atoms. The zero-order chi connectivity index (χ0) is 12.5. The summed E-state index contributed by atoms with van der Waals surface area (Å²) in [6.45, 7) is 2.73. The monoisotopic (exact) mass is 235 g/mol. The highest BCUT2D eigenvalue weighted by atomic mass is 16.5. The Balaban J connectivity index is 2.44. The van der Waals surface area contributed by atoms with Crippen molar-refractivity contribution in [3.05, 3.63) is 29.8 Å². The SMILES string of the molecule is CCCCC(=O)Nc1ccc(COC=O)cc1. The van der Waals surface area contributed by atoms with E-state index in [0.717, 1.165) is 24.1 Å². The van der Waals surface area contributed by atoms with Gasteiger partial charge in [0.1, 0.15) is 6.61 Å². The van der Waals surface area contributed by atoms with Crippen LogP contribution in [0.4, 0.5) is 5.69 Å². The summed E-state index contributed by atoms with van der Waals surface area (Å²) in [5.74, 6) is 0.0312. The summed E-state index contributed by atoms with van der Waals surface area (Å²) in [6.07, 6.45) is 2.46. The fraction of sp³-hybridized carbons (Fsp3) is 0.385. The van der Waals surface area contributed by atoms with Crippen LogP contribution in [-0.4, -0.2) is 12.4 Å². The van der Waals surface area contributed by atoms with E-state index in [9.17, 15) is 9.59 Å². The highest BCUT2D eigenvalue weighted by Gasteiger charge is 2.01. The van der Waals surface area contributed by atoms with Gasteiger partial charge in [0, 0.05) is 12.1 Å². The molecule has 1 amide bonds. The standard InChI is InChI=1S/C13H17NO3/c1-2-3-4-13(16)14-12-7-5-11(6-8-12)9-17-10-15/h5-8,10H,2-4,9H2,1H3,(H,14,16). The maximum absolute atomic E-state index is 11.4. The van der Waals surface area contributed by atoms with Crippen LogP contribution in [0.15, 0.2) is 24.3 Å². The summed E-state index contributed by atoms with van der Waals surface area (Å²) in [4.78, 5) is 21.5. The number of rotatable bonds is 7. The Morgan fingerprint density at radius 3 is 2.65 bits per heavy atom. The molecular weight excluding hydrogens is 218 g/mol. The zero-order valence-corrected chi connectivity index (χ0v) is 9.94. The molecule has 1 rings (SSSR count). The number of carbonyl (C=O) groups is 2. The number of amides is 1. The van der Waals surface area contributed by atoms with E-state index in [4.69, 9.17) is 0 Å². The molecule has 0 fully saturated rings. The fourth-order valence-electron chi connectivity index (χ4n) is 1.38. The molecule has 1 aromatic carbocycles. The first-order chi connectivity index (χ1) is 8.26. The molecule has 0 saturated heterocycles. The summed E-state index contributed by atoms with van der Waals surface area (Å²) in [7, 11) is 0. The third-order valence-electron chi connectivity index (χ3n) is 2.31. The fourth-order valence-corrected chi connectivity index (χ4v) is 1.38. The van der Waals surface area contributed by atoms with Crippen LogP contribution in [0.2, 0.25) is 0 Å². The Morgan fingerprint density at radius 2 is 2.06 bits per heavy atom. The van der Waals surface area contributed by atoms with E-state index in [-0.39, 0.29) is 12.5 Å². The molecule has 1 N–H and O–H groups in total. The average molecular weight is 235 g/mol. The van der Waals surface area contributed by atoms with E-state index >= 15 is 0 Å². The van der Waals surface area contributed by atoms with Crippen LogP contribution >= 0.6 is 0 Å². The summed E-state index contributed by atoms with van der Waals surface area (Å²) < 4.78 is 4.63. The molecule has 4 nitrogen and oxygen atoms in total. The second-order valence-electron chi connectivity index (χ2n) is 3.76. The van der Waals surface area contributed by atoms with Gasteiger partial charge in [-0.1, -0.05) is 25.5 Å². The molecule has 0 aliphatic heterocycles. The van der Waals surface area contributed by atoms with Crippen molar-refractivity contribution >= 4 is 18.1 Å². The number of carbonyl (C=O) groups excluding carboxylic acids is 2. The second-order valence-corrected chi connectivity index (χ2v) is 3.76. The number of benzene rings is 1. The molecule has 4 heteroatoms. The summed E-state index contributed by atoms with van der Waals surface area (Å²) in [5, 5.41) is 2.81. The first-order valence-electron chi connectivity index (χ1n) is 5.70. The maximum Gasteiger partial charge on any atom is 0.293 e. The third kappa shape index (κ3) is 5.15. The van der Waals surface area contributed by atoms with Crippen LogP contribution in [0, 0.1) is 0 Å². The normalized spacial score (nSPS) is 9.71. The quantitative estimate of drug-likeness (QED) is 0.739. The number of hydrogen-bond acceptors (Lipinski definition) is 3. The minimum Gasteiger partial charge on any atom is -0.463 e. The van der Waals surface area contributed by atoms with Gasteiger partial charge in [0.25, 0.3) is 6.47 Å². The number of unbranched alkanes of at least 4 members (excludes halogenated alkanes) is 1. The van der Waals surface area contributed by atoms with Crippen LogP contribution in [0.25, 0.3) is 0 Å². The molecule has 1 aromatic rings. The van der Waals surface area contributed by atoms with E-state index in [1.807, 2.05) is 12.1 Å². The molecule has 17 heavy (non-hydrogen) atoms. The van der Waals surface area contributed by atoms with E-state index < -0.39 is 0 Å². The Morgan fingerprint density at radius 1 is 1.35 bits per heavy atom. The lowest BCUT2D eigenvalue weighted by atomic mass is 10.2. The molecule has 0 unspecified atom stereocenters. The third-order valence-corrected chi connectivity index (χ3v) is 2.31. The predicted molar refractivity (Wildman–Crippen MR) is 65.4 cm³/mol. The van der Waals surface area contributed by atoms with Gasteiger partial charge in [-0.2, -0.15) is 0 Å². The van der Waals surface area contributed by atoms with Crippen molar-refractivity contribution in [2.24, 2.45) is 0 Å². The lowest BCUT2D eigenvalue weighted by Gasteiger charge is -2.05. The molecule has 0 saturated carbocycles. The molecule has 0 atom stereocenters. The molecule has 0 heterocycles. The van der Waals surface area contributed by atoms with Gasteiger partial charge in [-0.25, -0.2) is 0 Å². The minimum atomic E-state index is 0.0312. The lowest BCUT2D eigenvalue weighted by molar-refractivity contribution is -0.129. The minimum absolute atomic E-state index is 0.0312. The van der Waals surface area contributed by atoms with Crippen molar-refractivity contribution in [2.45, 2.75) is 32.8 Å². The first kappa shape index (κ1) is 13.2. The maximum atomic E-state index is 11.4. The van der Waals surface area contributed by atoms with Crippen LogP contribution in [0.1, 0.15) is 31.7 Å². The summed E-state index contributed by atoms with van der Waals surface area (Å²) >= 11 is 0. The van der Waals surface area contributed by atoms with Crippen molar-refractivity contribution in [2.75, 3.05) is 5.32 Å². The largest absolute Gasteiger partial charge is 0.463 e. The average Bonchev–Trinajstić information content (AvgIpc) is 2.35. The topological polar surface area (TPSA) is 55.4 Å². The Bertz CT molecular complexity index is 359. The highest BCUT2D eigenvalue weighted by molar-refractivity contribution is 5.90. The lowest BCUT2D eigenvalue weighted by Crippen LogP contribution is -2.10. The van der Waals surface area contributed by atoms with E-state index in [0.29, 0.717) is 12.9 Å². The van der Waals surface area contributed by atoms with Gasteiger partial charge in [-0.15, -0.1) is 0 Å². The van der Waals surface area contributed by atoms with Crippen LogP contribution in [0.3, 0.4) is 0 Å². The molecular formula is C13H17NO3. The van der Waals surface area contributed by atoms with E-state index in [1.165, 1.54) is 0 Å². The number of anilines is 1. The van der Waals surface area contributed by atoms with Crippen molar-refractivity contribution in [1.29, 1.82) is 0 Å². The molecule has 0 aliphatic rings. The Labute approximate surface area is 101 Å². The Hall–Kier alpha value is -1.84. The van der Waals surface area contributed by atoms with E-state index in [2.05, 4.69) is 17.0 Å². The van der Waals surface area contributed by atoms with Gasteiger partial charge >= 0.3 is 0 Å².